The van der Waals surface area contributed by atoms with Crippen LogP contribution in [0.25, 0.3) is 16.7 Å². The van der Waals surface area contributed by atoms with E-state index in [4.69, 9.17) is 0 Å². The normalized spacial score (nSPS) is 17.4. The van der Waals surface area contributed by atoms with Crippen molar-refractivity contribution < 1.29 is 4.39 Å². The fourth-order valence-corrected chi connectivity index (χ4v) is 3.80. The Morgan fingerprint density at radius 2 is 1.81 bits per heavy atom. The Bertz CT molecular complexity index is 799. The maximum Gasteiger partial charge on any atom is 0.127 e. The first-order chi connectivity index (χ1) is 9.96. The highest BCUT2D eigenvalue weighted by Crippen LogP contribution is 2.46. The molecule has 0 fully saturated rings. The minimum atomic E-state index is -0.0943. The first kappa shape index (κ1) is 12.6. The highest BCUT2D eigenvalue weighted by Gasteiger charge is 2.29. The molecule has 21 heavy (non-hydrogen) atoms. The summed E-state index contributed by atoms with van der Waals surface area (Å²) < 4.78 is 14.1. The Morgan fingerprint density at radius 3 is 2.62 bits per heavy atom. The lowest BCUT2D eigenvalue weighted by atomic mass is 9.87. The zero-order chi connectivity index (χ0) is 14.8. The molecule has 0 bridgehead atoms. The third-order valence-electron chi connectivity index (χ3n) is 4.50. The van der Waals surface area contributed by atoms with Gasteiger partial charge in [-0.05, 0) is 55.2 Å². The molecule has 0 saturated heterocycles. The van der Waals surface area contributed by atoms with E-state index in [0.29, 0.717) is 6.42 Å². The van der Waals surface area contributed by atoms with Crippen molar-refractivity contribution in [2.45, 2.75) is 32.7 Å². The van der Waals surface area contributed by atoms with Crippen LogP contribution in [0, 0.1) is 5.82 Å². The minimum Gasteiger partial charge on any atom is -0.376 e. The lowest BCUT2D eigenvalue weighted by Crippen LogP contribution is -2.31. The molecule has 1 N–H and O–H groups in total. The number of nitrogens with one attached hydrogen (secondary N) is 1. The molecule has 2 aromatic carbocycles. The molecule has 0 amide bonds. The zero-order valence-corrected chi connectivity index (χ0v) is 12.5. The average molecular weight is 279 g/mol. The topological polar surface area (TPSA) is 12.0 Å². The Labute approximate surface area is 124 Å². The Hall–Kier alpha value is -2.09. The number of hydrogen-bond acceptors (Lipinski definition) is 1. The van der Waals surface area contributed by atoms with Crippen LogP contribution in [0.4, 0.5) is 10.1 Å². The zero-order valence-electron chi connectivity index (χ0n) is 12.5. The van der Waals surface area contributed by atoms with Gasteiger partial charge in [-0.15, -0.1) is 0 Å². The highest BCUT2D eigenvalue weighted by atomic mass is 19.1. The molecule has 2 aliphatic rings. The summed E-state index contributed by atoms with van der Waals surface area (Å²) in [6.45, 7) is 6.49. The van der Waals surface area contributed by atoms with Crippen molar-refractivity contribution in [3.05, 3.63) is 58.9 Å². The molecular weight excluding hydrogens is 261 g/mol. The van der Waals surface area contributed by atoms with E-state index in [-0.39, 0.29) is 11.4 Å². The van der Waals surface area contributed by atoms with Crippen molar-refractivity contribution in [3.63, 3.8) is 0 Å². The predicted octanol–water partition coefficient (Wildman–Crippen LogP) is 5.00. The highest BCUT2D eigenvalue weighted by molar-refractivity contribution is 5.90. The van der Waals surface area contributed by atoms with E-state index in [9.17, 15) is 4.39 Å². The van der Waals surface area contributed by atoms with Crippen LogP contribution in [-0.2, 0) is 6.42 Å². The van der Waals surface area contributed by atoms with Crippen LogP contribution in [0.15, 0.2) is 36.4 Å². The monoisotopic (exact) mass is 279 g/mol. The van der Waals surface area contributed by atoms with Crippen LogP contribution in [0.2, 0.25) is 0 Å². The summed E-state index contributed by atoms with van der Waals surface area (Å²) in [7, 11) is 0. The summed E-state index contributed by atoms with van der Waals surface area (Å²) in [5.74, 6) is -0.0943. The SMILES string of the molecule is CC1=CC(C)(C)Nc2ccc3c(c21)Cc1c(F)cccc1-3. The van der Waals surface area contributed by atoms with Crippen LogP contribution in [-0.4, -0.2) is 5.54 Å². The van der Waals surface area contributed by atoms with Crippen LogP contribution < -0.4 is 5.32 Å². The Balaban J connectivity index is 1.97. The van der Waals surface area contributed by atoms with Gasteiger partial charge in [0, 0.05) is 23.2 Å². The molecule has 0 saturated carbocycles. The maximum absolute atomic E-state index is 14.1. The van der Waals surface area contributed by atoms with E-state index in [0.717, 1.165) is 16.8 Å². The second-order valence-electron chi connectivity index (χ2n) is 6.63. The van der Waals surface area contributed by atoms with Crippen molar-refractivity contribution in [1.82, 2.24) is 0 Å². The molecule has 0 atom stereocenters. The Morgan fingerprint density at radius 1 is 1.05 bits per heavy atom. The predicted molar refractivity (Wildman–Crippen MR) is 86.0 cm³/mol. The molecule has 1 aliphatic heterocycles. The van der Waals surface area contributed by atoms with Crippen LogP contribution in [0.3, 0.4) is 0 Å². The molecule has 2 heteroatoms. The van der Waals surface area contributed by atoms with Crippen molar-refractivity contribution in [3.8, 4) is 11.1 Å². The maximum atomic E-state index is 14.1. The van der Waals surface area contributed by atoms with Gasteiger partial charge in [0.25, 0.3) is 0 Å². The summed E-state index contributed by atoms with van der Waals surface area (Å²) in [6.07, 6.45) is 2.95. The van der Waals surface area contributed by atoms with Gasteiger partial charge in [-0.1, -0.05) is 24.3 Å². The summed E-state index contributed by atoms with van der Waals surface area (Å²) in [5, 5.41) is 3.57. The molecule has 106 valence electrons. The van der Waals surface area contributed by atoms with Crippen molar-refractivity contribution in [1.29, 1.82) is 0 Å². The largest absolute Gasteiger partial charge is 0.376 e. The molecule has 0 radical (unpaired) electrons. The van der Waals surface area contributed by atoms with Gasteiger partial charge in [0.15, 0.2) is 0 Å². The van der Waals surface area contributed by atoms with Crippen LogP contribution in [0.5, 0.6) is 0 Å². The summed E-state index contributed by atoms with van der Waals surface area (Å²) in [5.41, 5.74) is 7.96. The Kier molecular flexibility index (Phi) is 2.39. The first-order valence-corrected chi connectivity index (χ1v) is 7.38. The van der Waals surface area contributed by atoms with E-state index >= 15 is 0 Å². The van der Waals surface area contributed by atoms with E-state index in [1.54, 1.807) is 12.1 Å². The average Bonchev–Trinajstić information content (AvgIpc) is 2.76. The van der Waals surface area contributed by atoms with Gasteiger partial charge in [-0.25, -0.2) is 4.39 Å². The molecule has 0 unspecified atom stereocenters. The van der Waals surface area contributed by atoms with Gasteiger partial charge in [0.05, 0.1) is 5.54 Å². The fourth-order valence-electron chi connectivity index (χ4n) is 3.80. The number of benzene rings is 2. The van der Waals surface area contributed by atoms with Crippen LogP contribution in [0.1, 0.15) is 37.5 Å². The molecule has 0 aromatic heterocycles. The lowest BCUT2D eigenvalue weighted by molar-refractivity contribution is 0.616. The quantitative estimate of drug-likeness (QED) is 0.610. The van der Waals surface area contributed by atoms with E-state index in [1.165, 1.54) is 22.3 Å². The number of rotatable bonds is 0. The minimum absolute atomic E-state index is 0.0397. The molecule has 4 rings (SSSR count). The number of allylic oxidation sites excluding steroid dienone is 1. The van der Waals surface area contributed by atoms with Crippen molar-refractivity contribution in [2.75, 3.05) is 5.32 Å². The summed E-state index contributed by atoms with van der Waals surface area (Å²) in [4.78, 5) is 0. The second-order valence-corrected chi connectivity index (χ2v) is 6.63. The molecule has 2 aromatic rings. The second kappa shape index (κ2) is 3.97. The van der Waals surface area contributed by atoms with Gasteiger partial charge in [0.1, 0.15) is 5.82 Å². The number of halogens is 1. The van der Waals surface area contributed by atoms with Crippen LogP contribution >= 0.6 is 0 Å². The summed E-state index contributed by atoms with van der Waals surface area (Å²) >= 11 is 0. The van der Waals surface area contributed by atoms with E-state index < -0.39 is 0 Å². The third kappa shape index (κ3) is 1.75. The standard InChI is InChI=1S/C19H18FN/c1-11-10-19(2,3)21-17-8-7-13-12-5-4-6-16(20)14(12)9-15(13)18(11)17/h4-8,10,21H,9H2,1-3H3. The molecule has 0 spiro atoms. The van der Waals surface area contributed by atoms with Gasteiger partial charge in [0.2, 0.25) is 0 Å². The van der Waals surface area contributed by atoms with E-state index in [2.05, 4.69) is 44.3 Å². The number of hydrogen-bond donors (Lipinski definition) is 1. The van der Waals surface area contributed by atoms with Gasteiger partial charge < -0.3 is 5.32 Å². The van der Waals surface area contributed by atoms with Gasteiger partial charge in [-0.3, -0.25) is 0 Å². The van der Waals surface area contributed by atoms with Crippen molar-refractivity contribution in [2.24, 2.45) is 0 Å². The van der Waals surface area contributed by atoms with Gasteiger partial charge in [-0.2, -0.15) is 0 Å². The molecular formula is C19H18FN. The molecule has 1 aliphatic carbocycles. The van der Waals surface area contributed by atoms with E-state index in [1.807, 2.05) is 6.07 Å². The number of anilines is 1. The fraction of sp³-hybridized carbons (Fsp3) is 0.263. The van der Waals surface area contributed by atoms with Gasteiger partial charge >= 0.3 is 0 Å². The number of fused-ring (bicyclic) bond motifs is 5. The third-order valence-corrected chi connectivity index (χ3v) is 4.50. The molecule has 1 heterocycles. The smallest absolute Gasteiger partial charge is 0.127 e. The van der Waals surface area contributed by atoms with Crippen molar-refractivity contribution >= 4 is 11.3 Å². The molecule has 1 nitrogen and oxygen atoms in total. The summed E-state index contributed by atoms with van der Waals surface area (Å²) in [6, 6.07) is 9.64. The first-order valence-electron chi connectivity index (χ1n) is 7.38. The lowest BCUT2D eigenvalue weighted by Gasteiger charge is -2.32.